The number of hydrogen-bond donors (Lipinski definition) is 2. The molecule has 0 aliphatic heterocycles. The van der Waals surface area contributed by atoms with Crippen LogP contribution in [-0.2, 0) is 10.1 Å². The van der Waals surface area contributed by atoms with Crippen molar-refractivity contribution >= 4 is 21.7 Å². The van der Waals surface area contributed by atoms with Crippen LogP contribution in [0.15, 0.2) is 47.4 Å². The van der Waals surface area contributed by atoms with E-state index in [9.17, 15) is 13.2 Å². The van der Waals surface area contributed by atoms with Gasteiger partial charge in [0, 0.05) is 11.6 Å². The zero-order valence-electron chi connectivity index (χ0n) is 14.0. The number of benzene rings is 2. The normalized spacial score (nSPS) is 11.2. The molecule has 0 aliphatic carbocycles. The summed E-state index contributed by atoms with van der Waals surface area (Å²) in [5, 5.41) is 2.64. The summed E-state index contributed by atoms with van der Waals surface area (Å²) < 4.78 is 42.0. The Bertz CT molecular complexity index is 859. The molecule has 2 N–H and O–H groups in total. The second kappa shape index (κ2) is 7.54. The van der Waals surface area contributed by atoms with E-state index in [4.69, 9.17) is 14.0 Å². The Balaban J connectivity index is 2.20. The Morgan fingerprint density at radius 1 is 1.12 bits per heavy atom. The Morgan fingerprint density at radius 2 is 1.76 bits per heavy atom. The maximum absolute atomic E-state index is 12.3. The molecule has 8 heteroatoms. The summed E-state index contributed by atoms with van der Waals surface area (Å²) in [7, 11) is -3.02. The van der Waals surface area contributed by atoms with Crippen molar-refractivity contribution in [3.8, 4) is 11.5 Å². The third kappa shape index (κ3) is 4.94. The van der Waals surface area contributed by atoms with Crippen molar-refractivity contribution in [1.82, 2.24) is 0 Å². The fourth-order valence-electron chi connectivity index (χ4n) is 2.09. The fourth-order valence-corrected chi connectivity index (χ4v) is 2.58. The minimum atomic E-state index is -4.35. The molecule has 2 rings (SSSR count). The van der Waals surface area contributed by atoms with E-state index in [0.29, 0.717) is 11.3 Å². The van der Waals surface area contributed by atoms with Gasteiger partial charge in [0.25, 0.3) is 16.0 Å². The molecule has 0 fully saturated rings. The largest absolute Gasteiger partial charge is 0.495 e. The van der Waals surface area contributed by atoms with Crippen molar-refractivity contribution in [2.24, 2.45) is 0 Å². The lowest BCUT2D eigenvalue weighted by atomic mass is 10.2. The van der Waals surface area contributed by atoms with Gasteiger partial charge in [-0.3, -0.25) is 9.35 Å². The van der Waals surface area contributed by atoms with Gasteiger partial charge in [-0.05, 0) is 50.2 Å². The van der Waals surface area contributed by atoms with Gasteiger partial charge in [-0.15, -0.1) is 0 Å². The van der Waals surface area contributed by atoms with Crippen LogP contribution in [0.1, 0.15) is 24.2 Å². The van der Waals surface area contributed by atoms with E-state index in [1.54, 1.807) is 24.3 Å². The molecular weight excluding hydrogens is 346 g/mol. The summed E-state index contributed by atoms with van der Waals surface area (Å²) in [5.74, 6) is 0.374. The molecule has 0 bridgehead atoms. The molecule has 0 saturated heterocycles. The topological polar surface area (TPSA) is 102 Å². The maximum Gasteiger partial charge on any atom is 0.294 e. The number of ether oxygens (including phenoxy) is 2. The van der Waals surface area contributed by atoms with E-state index >= 15 is 0 Å². The lowest BCUT2D eigenvalue weighted by molar-refractivity contribution is 0.102. The molecule has 0 spiro atoms. The van der Waals surface area contributed by atoms with Crippen LogP contribution in [0.5, 0.6) is 11.5 Å². The van der Waals surface area contributed by atoms with Crippen LogP contribution >= 0.6 is 0 Å². The highest BCUT2D eigenvalue weighted by molar-refractivity contribution is 7.85. The van der Waals surface area contributed by atoms with Crippen molar-refractivity contribution in [1.29, 1.82) is 0 Å². The highest BCUT2D eigenvalue weighted by Crippen LogP contribution is 2.28. The standard InChI is InChI=1S/C17H19NO6S/c1-11(2)24-13-6-4-12(5-7-13)17(19)18-15-9-8-14(25(20,21)22)10-16(15)23-3/h4-11H,1-3H3,(H,18,19)(H,20,21,22). The van der Waals surface area contributed by atoms with E-state index in [-0.39, 0.29) is 22.4 Å². The molecular formula is C17H19NO6S. The van der Waals surface area contributed by atoms with Crippen LogP contribution < -0.4 is 14.8 Å². The lowest BCUT2D eigenvalue weighted by Crippen LogP contribution is -2.13. The molecule has 0 heterocycles. The smallest absolute Gasteiger partial charge is 0.294 e. The van der Waals surface area contributed by atoms with Gasteiger partial charge in [-0.25, -0.2) is 0 Å². The van der Waals surface area contributed by atoms with Crippen LogP contribution in [0.2, 0.25) is 0 Å². The first kappa shape index (κ1) is 18.8. The van der Waals surface area contributed by atoms with Crippen molar-refractivity contribution in [2.45, 2.75) is 24.8 Å². The number of rotatable bonds is 6. The minimum Gasteiger partial charge on any atom is -0.495 e. The number of methoxy groups -OCH3 is 1. The molecule has 2 aromatic carbocycles. The summed E-state index contributed by atoms with van der Waals surface area (Å²) in [6.07, 6.45) is 0.0326. The zero-order valence-corrected chi connectivity index (χ0v) is 14.8. The molecule has 134 valence electrons. The third-order valence-corrected chi connectivity index (χ3v) is 4.06. The Kier molecular flexibility index (Phi) is 5.66. The molecule has 0 aromatic heterocycles. The monoisotopic (exact) mass is 365 g/mol. The van der Waals surface area contributed by atoms with Crippen molar-refractivity contribution in [3.63, 3.8) is 0 Å². The molecule has 25 heavy (non-hydrogen) atoms. The maximum atomic E-state index is 12.3. The average molecular weight is 365 g/mol. The lowest BCUT2D eigenvalue weighted by Gasteiger charge is -2.12. The molecule has 2 aromatic rings. The Labute approximate surface area is 146 Å². The van der Waals surface area contributed by atoms with Gasteiger partial charge in [-0.2, -0.15) is 8.42 Å². The van der Waals surface area contributed by atoms with Crippen LogP contribution in [-0.4, -0.2) is 32.1 Å². The van der Waals surface area contributed by atoms with Crippen LogP contribution in [0.4, 0.5) is 5.69 Å². The molecule has 0 unspecified atom stereocenters. The van der Waals surface area contributed by atoms with Crippen LogP contribution in [0.25, 0.3) is 0 Å². The first-order valence-corrected chi connectivity index (χ1v) is 8.88. The quantitative estimate of drug-likeness (QED) is 0.763. The molecule has 7 nitrogen and oxygen atoms in total. The zero-order chi connectivity index (χ0) is 18.6. The summed E-state index contributed by atoms with van der Waals surface area (Å²) >= 11 is 0. The third-order valence-electron chi connectivity index (χ3n) is 3.21. The van der Waals surface area contributed by atoms with E-state index in [1.807, 2.05) is 13.8 Å². The highest BCUT2D eigenvalue weighted by Gasteiger charge is 2.15. The van der Waals surface area contributed by atoms with E-state index in [0.717, 1.165) is 6.07 Å². The number of carbonyl (C=O) groups excluding carboxylic acids is 1. The molecule has 0 saturated carbocycles. The number of anilines is 1. The van der Waals surface area contributed by atoms with Crippen molar-refractivity contribution in [2.75, 3.05) is 12.4 Å². The fraction of sp³-hybridized carbons (Fsp3) is 0.235. The molecule has 0 radical (unpaired) electrons. The Hall–Kier alpha value is -2.58. The number of nitrogens with one attached hydrogen (secondary N) is 1. The average Bonchev–Trinajstić information content (AvgIpc) is 2.54. The van der Waals surface area contributed by atoms with E-state index in [1.165, 1.54) is 19.2 Å². The van der Waals surface area contributed by atoms with Gasteiger partial charge in [0.05, 0.1) is 23.8 Å². The summed E-state index contributed by atoms with van der Waals surface area (Å²) in [6, 6.07) is 10.3. The second-order valence-corrected chi connectivity index (χ2v) is 6.90. The summed E-state index contributed by atoms with van der Waals surface area (Å²) in [4.78, 5) is 12.0. The SMILES string of the molecule is COc1cc(S(=O)(=O)O)ccc1NC(=O)c1ccc(OC(C)C)cc1. The van der Waals surface area contributed by atoms with Gasteiger partial charge in [-0.1, -0.05) is 0 Å². The van der Waals surface area contributed by atoms with Gasteiger partial charge in [0.15, 0.2) is 0 Å². The van der Waals surface area contributed by atoms with E-state index in [2.05, 4.69) is 5.32 Å². The summed E-state index contributed by atoms with van der Waals surface area (Å²) in [5.41, 5.74) is 0.680. The molecule has 0 aliphatic rings. The van der Waals surface area contributed by atoms with Gasteiger partial charge >= 0.3 is 0 Å². The van der Waals surface area contributed by atoms with Crippen LogP contribution in [0, 0.1) is 0 Å². The first-order valence-electron chi connectivity index (χ1n) is 7.44. The van der Waals surface area contributed by atoms with Crippen LogP contribution in [0.3, 0.4) is 0 Å². The summed E-state index contributed by atoms with van der Waals surface area (Å²) in [6.45, 7) is 3.81. The second-order valence-electron chi connectivity index (χ2n) is 5.48. The van der Waals surface area contributed by atoms with Gasteiger partial charge in [0.1, 0.15) is 11.5 Å². The predicted molar refractivity (Wildman–Crippen MR) is 93.0 cm³/mol. The molecule has 0 atom stereocenters. The number of carbonyl (C=O) groups is 1. The van der Waals surface area contributed by atoms with Crippen molar-refractivity contribution in [3.05, 3.63) is 48.0 Å². The van der Waals surface area contributed by atoms with Crippen molar-refractivity contribution < 1.29 is 27.2 Å². The van der Waals surface area contributed by atoms with Gasteiger partial charge in [0.2, 0.25) is 0 Å². The van der Waals surface area contributed by atoms with Gasteiger partial charge < -0.3 is 14.8 Å². The predicted octanol–water partition coefficient (Wildman–Crippen LogP) is 2.98. The first-order chi connectivity index (χ1) is 11.7. The van der Waals surface area contributed by atoms with E-state index < -0.39 is 16.0 Å². The minimum absolute atomic E-state index is 0.0326. The number of amides is 1. The highest BCUT2D eigenvalue weighted by atomic mass is 32.2. The number of hydrogen-bond acceptors (Lipinski definition) is 5. The molecule has 1 amide bonds. The Morgan fingerprint density at radius 3 is 2.28 bits per heavy atom.